The van der Waals surface area contributed by atoms with Gasteiger partial charge in [-0.25, -0.2) is 0 Å². The highest BCUT2D eigenvalue weighted by molar-refractivity contribution is 6.01. The van der Waals surface area contributed by atoms with Crippen LogP contribution < -0.4 is 5.32 Å². The van der Waals surface area contributed by atoms with Crippen LogP contribution in [-0.2, 0) is 11.3 Å². The van der Waals surface area contributed by atoms with E-state index in [1.165, 1.54) is 0 Å². The van der Waals surface area contributed by atoms with Gasteiger partial charge in [-0.1, -0.05) is 68.8 Å². The van der Waals surface area contributed by atoms with Crippen molar-refractivity contribution in [2.24, 2.45) is 5.92 Å². The molecule has 2 amide bonds. The minimum atomic E-state index is -0.576. The van der Waals surface area contributed by atoms with E-state index in [-0.39, 0.29) is 24.3 Å². The Kier molecular flexibility index (Phi) is 5.91. The average Bonchev–Trinajstić information content (AvgIpc) is 3.03. The number of rotatable bonds is 7. The molecule has 0 spiro atoms. The van der Waals surface area contributed by atoms with Gasteiger partial charge in [-0.15, -0.1) is 0 Å². The largest absolute Gasteiger partial charge is 0.394 e. The van der Waals surface area contributed by atoms with Crippen molar-refractivity contribution < 1.29 is 14.7 Å². The van der Waals surface area contributed by atoms with Crippen LogP contribution >= 0.6 is 0 Å². The number of benzene rings is 2. The molecule has 2 N–H and O–H groups in total. The smallest absolute Gasteiger partial charge is 0.255 e. The van der Waals surface area contributed by atoms with Gasteiger partial charge in [0.2, 0.25) is 5.91 Å². The van der Waals surface area contributed by atoms with Gasteiger partial charge in [0.1, 0.15) is 6.04 Å². The maximum absolute atomic E-state index is 13.2. The maximum Gasteiger partial charge on any atom is 0.255 e. The fourth-order valence-corrected chi connectivity index (χ4v) is 3.61. The molecule has 0 saturated heterocycles. The molecule has 3 atom stereocenters. The number of carbonyl (C=O) groups excluding carboxylic acids is 2. The van der Waals surface area contributed by atoms with Crippen molar-refractivity contribution in [3.63, 3.8) is 0 Å². The zero-order valence-corrected chi connectivity index (χ0v) is 15.8. The molecule has 3 rings (SSSR count). The molecule has 0 aliphatic carbocycles. The second-order valence-corrected chi connectivity index (χ2v) is 7.08. The minimum absolute atomic E-state index is 0.00150. The van der Waals surface area contributed by atoms with Crippen molar-refractivity contribution in [3.05, 3.63) is 71.3 Å². The predicted octanol–water partition coefficient (Wildman–Crippen LogP) is 2.91. The number of aliphatic hydroxyl groups is 1. The molecule has 2 aromatic rings. The molecule has 5 nitrogen and oxygen atoms in total. The topological polar surface area (TPSA) is 69.6 Å². The van der Waals surface area contributed by atoms with Crippen molar-refractivity contribution in [2.45, 2.75) is 38.9 Å². The van der Waals surface area contributed by atoms with E-state index in [4.69, 9.17) is 0 Å². The summed E-state index contributed by atoms with van der Waals surface area (Å²) in [5.41, 5.74) is 2.46. The fourth-order valence-electron chi connectivity index (χ4n) is 3.61. The molecule has 1 aliphatic rings. The molecule has 0 bridgehead atoms. The molecule has 5 heteroatoms. The van der Waals surface area contributed by atoms with E-state index in [0.717, 1.165) is 17.5 Å². The quantitative estimate of drug-likeness (QED) is 0.792. The third kappa shape index (κ3) is 3.88. The first-order chi connectivity index (χ1) is 13.1. The normalized spacial score (nSPS) is 16.6. The van der Waals surface area contributed by atoms with Gasteiger partial charge >= 0.3 is 0 Å². The van der Waals surface area contributed by atoms with Gasteiger partial charge in [-0.2, -0.15) is 0 Å². The molecule has 0 aromatic heterocycles. The number of fused-ring (bicyclic) bond motifs is 1. The number of nitrogens with zero attached hydrogens (tertiary/aromatic N) is 1. The van der Waals surface area contributed by atoms with Crippen LogP contribution in [0.4, 0.5) is 0 Å². The van der Waals surface area contributed by atoms with Crippen LogP contribution in [0.5, 0.6) is 0 Å². The summed E-state index contributed by atoms with van der Waals surface area (Å²) in [5, 5.41) is 12.7. The fraction of sp³-hybridized carbons (Fsp3) is 0.364. The Morgan fingerprint density at radius 1 is 1.15 bits per heavy atom. The van der Waals surface area contributed by atoms with Crippen molar-refractivity contribution >= 4 is 11.8 Å². The van der Waals surface area contributed by atoms with Crippen LogP contribution in [0.1, 0.15) is 47.8 Å². The van der Waals surface area contributed by atoms with Crippen molar-refractivity contribution in [3.8, 4) is 0 Å². The number of nitrogens with one attached hydrogen (secondary N) is 1. The van der Waals surface area contributed by atoms with Crippen molar-refractivity contribution in [1.82, 2.24) is 10.2 Å². The standard InChI is InChI=1S/C22H26N2O3/c1-3-15(2)20(24-13-17-11-7-8-12-18(17)22(24)27)21(26)23-19(14-25)16-9-5-4-6-10-16/h4-12,15,19-20,25H,3,13-14H2,1-2H3,(H,23,26)/t15-,19+,20-/m0/s1. The Bertz CT molecular complexity index is 806. The Balaban J connectivity index is 1.83. The summed E-state index contributed by atoms with van der Waals surface area (Å²) < 4.78 is 0. The molecule has 0 fully saturated rings. The average molecular weight is 366 g/mol. The summed E-state index contributed by atoms with van der Waals surface area (Å²) in [7, 11) is 0. The lowest BCUT2D eigenvalue weighted by Gasteiger charge is -2.32. The van der Waals surface area contributed by atoms with E-state index in [2.05, 4.69) is 5.32 Å². The first-order valence-electron chi connectivity index (χ1n) is 9.41. The lowest BCUT2D eigenvalue weighted by Crippen LogP contribution is -2.51. The summed E-state index contributed by atoms with van der Waals surface area (Å²) in [6.07, 6.45) is 0.771. The number of carbonyl (C=O) groups is 2. The minimum Gasteiger partial charge on any atom is -0.394 e. The summed E-state index contributed by atoms with van der Waals surface area (Å²) >= 11 is 0. The monoisotopic (exact) mass is 366 g/mol. The van der Waals surface area contributed by atoms with Crippen LogP contribution in [0, 0.1) is 5.92 Å². The second-order valence-electron chi connectivity index (χ2n) is 7.08. The molecular formula is C22H26N2O3. The van der Waals surface area contributed by atoms with E-state index in [9.17, 15) is 14.7 Å². The number of amides is 2. The Labute approximate surface area is 160 Å². The van der Waals surface area contributed by atoms with Gasteiger partial charge in [0.25, 0.3) is 5.91 Å². The predicted molar refractivity (Wildman–Crippen MR) is 104 cm³/mol. The first-order valence-corrected chi connectivity index (χ1v) is 9.41. The Morgan fingerprint density at radius 3 is 2.44 bits per heavy atom. The second kappa shape index (κ2) is 8.35. The SMILES string of the molecule is CC[C@H](C)[C@@H](C(=O)N[C@H](CO)c1ccccc1)N1Cc2ccccc2C1=O. The maximum atomic E-state index is 13.2. The molecule has 2 aromatic carbocycles. The molecule has 0 radical (unpaired) electrons. The highest BCUT2D eigenvalue weighted by Crippen LogP contribution is 2.28. The van der Waals surface area contributed by atoms with Crippen molar-refractivity contribution in [1.29, 1.82) is 0 Å². The highest BCUT2D eigenvalue weighted by Gasteiger charge is 2.39. The first kappa shape index (κ1) is 19.1. The van der Waals surface area contributed by atoms with Crippen LogP contribution in [0.3, 0.4) is 0 Å². The lowest BCUT2D eigenvalue weighted by molar-refractivity contribution is -0.128. The zero-order chi connectivity index (χ0) is 19.4. The zero-order valence-electron chi connectivity index (χ0n) is 15.8. The van der Waals surface area contributed by atoms with Crippen LogP contribution in [-0.4, -0.2) is 34.5 Å². The third-order valence-corrected chi connectivity index (χ3v) is 5.34. The molecule has 1 heterocycles. The third-order valence-electron chi connectivity index (χ3n) is 5.34. The molecule has 1 aliphatic heterocycles. The van der Waals surface area contributed by atoms with Gasteiger partial charge in [-0.3, -0.25) is 9.59 Å². The number of hydrogen-bond acceptors (Lipinski definition) is 3. The van der Waals surface area contributed by atoms with Gasteiger partial charge in [0, 0.05) is 12.1 Å². The Hall–Kier alpha value is -2.66. The van der Waals surface area contributed by atoms with Gasteiger partial charge < -0.3 is 15.3 Å². The summed E-state index contributed by atoms with van der Waals surface area (Å²) in [5.74, 6) is -0.335. The molecule has 0 saturated carbocycles. The number of aliphatic hydroxyl groups excluding tert-OH is 1. The van der Waals surface area contributed by atoms with Crippen molar-refractivity contribution in [2.75, 3.05) is 6.61 Å². The van der Waals surface area contributed by atoms with Crippen LogP contribution in [0.2, 0.25) is 0 Å². The summed E-state index contributed by atoms with van der Waals surface area (Å²) in [6.45, 7) is 4.24. The summed E-state index contributed by atoms with van der Waals surface area (Å²) in [4.78, 5) is 27.7. The van der Waals surface area contributed by atoms with Gasteiger partial charge in [-0.05, 0) is 23.1 Å². The molecule has 142 valence electrons. The molecular weight excluding hydrogens is 340 g/mol. The molecule has 27 heavy (non-hydrogen) atoms. The van der Waals surface area contributed by atoms with E-state index in [0.29, 0.717) is 12.1 Å². The van der Waals surface area contributed by atoms with Gasteiger partial charge in [0.05, 0.1) is 12.6 Å². The molecule has 0 unspecified atom stereocenters. The van der Waals surface area contributed by atoms with Crippen LogP contribution in [0.25, 0.3) is 0 Å². The lowest BCUT2D eigenvalue weighted by atomic mass is 9.96. The van der Waals surface area contributed by atoms with E-state index >= 15 is 0 Å². The van der Waals surface area contributed by atoms with E-state index in [1.807, 2.05) is 68.4 Å². The van der Waals surface area contributed by atoms with E-state index < -0.39 is 12.1 Å². The summed E-state index contributed by atoms with van der Waals surface area (Å²) in [6, 6.07) is 15.8. The van der Waals surface area contributed by atoms with E-state index in [1.54, 1.807) is 4.90 Å². The van der Waals surface area contributed by atoms with Crippen LogP contribution in [0.15, 0.2) is 54.6 Å². The van der Waals surface area contributed by atoms with Gasteiger partial charge in [0.15, 0.2) is 0 Å². The number of hydrogen-bond donors (Lipinski definition) is 2. The Morgan fingerprint density at radius 2 is 1.81 bits per heavy atom. The highest BCUT2D eigenvalue weighted by atomic mass is 16.3.